The quantitative estimate of drug-likeness (QED) is 0.847. The van der Waals surface area contributed by atoms with Gasteiger partial charge in [0.15, 0.2) is 0 Å². The largest absolute Gasteiger partial charge is 0.467 e. The Balaban J connectivity index is 2.47. The molecule has 0 spiro atoms. The molecule has 0 saturated carbocycles. The average molecular weight is 261 g/mol. The van der Waals surface area contributed by atoms with E-state index in [9.17, 15) is 4.79 Å². The highest BCUT2D eigenvalue weighted by atomic mass is 16.5. The third-order valence-corrected chi connectivity index (χ3v) is 4.11. The Morgan fingerprint density at radius 2 is 2.21 bits per heavy atom. The van der Waals surface area contributed by atoms with E-state index in [2.05, 4.69) is 31.3 Å². The lowest BCUT2D eigenvalue weighted by Gasteiger charge is -2.39. The van der Waals surface area contributed by atoms with E-state index in [0.29, 0.717) is 0 Å². The molecule has 1 aliphatic carbocycles. The highest BCUT2D eigenvalue weighted by molar-refractivity contribution is 5.83. The van der Waals surface area contributed by atoms with Crippen molar-refractivity contribution in [1.82, 2.24) is 5.32 Å². The van der Waals surface area contributed by atoms with Crippen LogP contribution in [0, 0.1) is 0 Å². The zero-order chi connectivity index (χ0) is 13.9. The average Bonchev–Trinajstić information content (AvgIpc) is 2.46. The number of hydrogen-bond acceptors (Lipinski definition) is 3. The van der Waals surface area contributed by atoms with Gasteiger partial charge in [0.2, 0.25) is 0 Å². The third-order valence-electron chi connectivity index (χ3n) is 4.11. The van der Waals surface area contributed by atoms with Gasteiger partial charge in [0.25, 0.3) is 0 Å². The normalized spacial score (nSPS) is 23.5. The highest BCUT2D eigenvalue weighted by Crippen LogP contribution is 2.36. The first kappa shape index (κ1) is 14.1. The molecule has 0 aliphatic heterocycles. The molecule has 104 valence electrons. The number of carbonyl (C=O) groups is 1. The van der Waals surface area contributed by atoms with E-state index in [4.69, 9.17) is 4.74 Å². The Morgan fingerprint density at radius 3 is 2.89 bits per heavy atom. The van der Waals surface area contributed by atoms with Crippen LogP contribution in [-0.4, -0.2) is 19.1 Å². The van der Waals surface area contributed by atoms with Crippen molar-refractivity contribution in [1.29, 1.82) is 0 Å². The van der Waals surface area contributed by atoms with Gasteiger partial charge in [0, 0.05) is 6.04 Å². The van der Waals surface area contributed by atoms with Crippen LogP contribution in [-0.2, 0) is 21.5 Å². The zero-order valence-electron chi connectivity index (χ0n) is 12.0. The van der Waals surface area contributed by atoms with Gasteiger partial charge in [-0.3, -0.25) is 5.32 Å². The molecule has 0 aromatic heterocycles. The van der Waals surface area contributed by atoms with E-state index in [1.54, 1.807) is 0 Å². The van der Waals surface area contributed by atoms with Crippen LogP contribution in [0.1, 0.15) is 44.2 Å². The van der Waals surface area contributed by atoms with E-state index >= 15 is 0 Å². The summed E-state index contributed by atoms with van der Waals surface area (Å²) in [6.45, 7) is 4.24. The summed E-state index contributed by atoms with van der Waals surface area (Å²) < 4.78 is 5.09. The van der Waals surface area contributed by atoms with Crippen molar-refractivity contribution in [2.75, 3.05) is 7.11 Å². The van der Waals surface area contributed by atoms with Gasteiger partial charge in [-0.25, -0.2) is 4.79 Å². The Labute approximate surface area is 115 Å². The Kier molecular flexibility index (Phi) is 4.25. The monoisotopic (exact) mass is 261 g/mol. The second kappa shape index (κ2) is 5.74. The van der Waals surface area contributed by atoms with Crippen LogP contribution in [0.5, 0.6) is 0 Å². The van der Waals surface area contributed by atoms with Crippen molar-refractivity contribution >= 4 is 5.97 Å². The number of hydrogen-bond donors (Lipinski definition) is 1. The molecule has 0 heterocycles. The minimum atomic E-state index is -0.668. The fourth-order valence-electron chi connectivity index (χ4n) is 2.95. The van der Waals surface area contributed by atoms with Crippen LogP contribution < -0.4 is 5.32 Å². The van der Waals surface area contributed by atoms with Gasteiger partial charge in [0.05, 0.1) is 7.11 Å². The number of aryl methyl sites for hydroxylation is 1. The number of rotatable bonds is 4. The maximum Gasteiger partial charge on any atom is 0.330 e. The number of ether oxygens (including phenoxy) is 1. The first-order chi connectivity index (χ1) is 9.14. The lowest BCUT2D eigenvalue weighted by Crippen LogP contribution is -2.54. The van der Waals surface area contributed by atoms with Gasteiger partial charge >= 0.3 is 5.97 Å². The lowest BCUT2D eigenvalue weighted by atomic mass is 9.76. The summed E-state index contributed by atoms with van der Waals surface area (Å²) in [5.74, 6) is -0.167. The molecule has 2 atom stereocenters. The smallest absolute Gasteiger partial charge is 0.330 e. The Morgan fingerprint density at radius 1 is 1.47 bits per heavy atom. The fraction of sp³-hybridized carbons (Fsp3) is 0.562. The molecule has 0 saturated heterocycles. The number of methoxy groups -OCH3 is 1. The summed E-state index contributed by atoms with van der Waals surface area (Å²) in [7, 11) is 1.47. The molecule has 3 nitrogen and oxygen atoms in total. The van der Waals surface area contributed by atoms with Crippen LogP contribution in [0.15, 0.2) is 24.3 Å². The molecule has 2 unspecified atom stereocenters. The van der Waals surface area contributed by atoms with Gasteiger partial charge in [0.1, 0.15) is 5.54 Å². The molecule has 2 rings (SSSR count). The standard InChI is InChI=1S/C16H23NO2/c1-4-12(2)17-16(15(18)19-3)11-7-9-13-8-5-6-10-14(13)16/h5-6,8,10,12,17H,4,7,9,11H2,1-3H3. The fourth-order valence-corrected chi connectivity index (χ4v) is 2.95. The number of esters is 1. The number of fused-ring (bicyclic) bond motifs is 1. The predicted molar refractivity (Wildman–Crippen MR) is 76.0 cm³/mol. The summed E-state index contributed by atoms with van der Waals surface area (Å²) in [5, 5.41) is 3.51. The van der Waals surface area contributed by atoms with E-state index in [1.165, 1.54) is 12.7 Å². The molecule has 3 heteroatoms. The molecular formula is C16H23NO2. The molecule has 1 aromatic carbocycles. The van der Waals surface area contributed by atoms with Gasteiger partial charge < -0.3 is 4.74 Å². The molecule has 0 radical (unpaired) electrons. The van der Waals surface area contributed by atoms with Crippen LogP contribution in [0.4, 0.5) is 0 Å². The molecule has 1 aliphatic rings. The number of carbonyl (C=O) groups excluding carboxylic acids is 1. The SMILES string of the molecule is CCC(C)NC1(C(=O)OC)CCCc2ccccc21. The Hall–Kier alpha value is -1.35. The number of nitrogens with one attached hydrogen (secondary N) is 1. The van der Waals surface area contributed by atoms with Gasteiger partial charge in [-0.2, -0.15) is 0 Å². The topological polar surface area (TPSA) is 38.3 Å². The van der Waals surface area contributed by atoms with Crippen LogP contribution in [0.25, 0.3) is 0 Å². The Bertz CT molecular complexity index is 458. The van der Waals surface area contributed by atoms with Crippen LogP contribution >= 0.6 is 0 Å². The minimum Gasteiger partial charge on any atom is -0.467 e. The van der Waals surface area contributed by atoms with Crippen molar-refractivity contribution in [2.24, 2.45) is 0 Å². The summed E-state index contributed by atoms with van der Waals surface area (Å²) in [6.07, 6.45) is 3.84. The minimum absolute atomic E-state index is 0.167. The first-order valence-electron chi connectivity index (χ1n) is 7.08. The first-order valence-corrected chi connectivity index (χ1v) is 7.08. The molecular weight excluding hydrogens is 238 g/mol. The van der Waals surface area contributed by atoms with E-state index in [0.717, 1.165) is 31.2 Å². The second-order valence-corrected chi connectivity index (χ2v) is 5.36. The van der Waals surface area contributed by atoms with Crippen LogP contribution in [0.3, 0.4) is 0 Å². The van der Waals surface area contributed by atoms with Crippen molar-refractivity contribution < 1.29 is 9.53 Å². The molecule has 0 amide bonds. The lowest BCUT2D eigenvalue weighted by molar-refractivity contribution is -0.150. The van der Waals surface area contributed by atoms with E-state index in [-0.39, 0.29) is 12.0 Å². The van der Waals surface area contributed by atoms with Gasteiger partial charge in [-0.1, -0.05) is 31.2 Å². The molecule has 1 aromatic rings. The van der Waals surface area contributed by atoms with Crippen molar-refractivity contribution in [3.05, 3.63) is 35.4 Å². The van der Waals surface area contributed by atoms with Gasteiger partial charge in [-0.15, -0.1) is 0 Å². The predicted octanol–water partition coefficient (Wildman–Crippen LogP) is 2.78. The number of benzene rings is 1. The molecule has 0 bridgehead atoms. The molecule has 1 N–H and O–H groups in total. The van der Waals surface area contributed by atoms with Crippen molar-refractivity contribution in [3.63, 3.8) is 0 Å². The zero-order valence-corrected chi connectivity index (χ0v) is 12.0. The van der Waals surface area contributed by atoms with Gasteiger partial charge in [-0.05, 0) is 43.7 Å². The van der Waals surface area contributed by atoms with Crippen LogP contribution in [0.2, 0.25) is 0 Å². The third kappa shape index (κ3) is 2.52. The van der Waals surface area contributed by atoms with Crippen molar-refractivity contribution in [2.45, 2.75) is 51.1 Å². The molecule has 19 heavy (non-hydrogen) atoms. The van der Waals surface area contributed by atoms with E-state index < -0.39 is 5.54 Å². The maximum atomic E-state index is 12.4. The maximum absolute atomic E-state index is 12.4. The highest BCUT2D eigenvalue weighted by Gasteiger charge is 2.44. The summed E-state index contributed by atoms with van der Waals surface area (Å²) in [4.78, 5) is 12.4. The molecule has 0 fully saturated rings. The van der Waals surface area contributed by atoms with E-state index in [1.807, 2.05) is 12.1 Å². The summed E-state index contributed by atoms with van der Waals surface area (Å²) >= 11 is 0. The van der Waals surface area contributed by atoms with Crippen molar-refractivity contribution in [3.8, 4) is 0 Å². The second-order valence-electron chi connectivity index (χ2n) is 5.36. The summed E-state index contributed by atoms with van der Waals surface area (Å²) in [6, 6.07) is 8.49. The summed E-state index contributed by atoms with van der Waals surface area (Å²) in [5.41, 5.74) is 1.68.